The van der Waals surface area contributed by atoms with Gasteiger partial charge in [0.1, 0.15) is 11.7 Å². The summed E-state index contributed by atoms with van der Waals surface area (Å²) in [5, 5.41) is 46.9. The number of aromatic carboxylic acids is 1. The summed E-state index contributed by atoms with van der Waals surface area (Å²) in [5.41, 5.74) is -0.118. The molecule has 0 aliphatic carbocycles. The summed E-state index contributed by atoms with van der Waals surface area (Å²) < 4.78 is 5.10. The summed E-state index contributed by atoms with van der Waals surface area (Å²) in [7, 11) is 0. The van der Waals surface area contributed by atoms with Crippen molar-refractivity contribution in [2.24, 2.45) is 0 Å². The molecule has 5 N–H and O–H groups in total. The average molecular weight is 360 g/mol. The van der Waals surface area contributed by atoms with Crippen LogP contribution >= 0.6 is 0 Å². The third-order valence-corrected chi connectivity index (χ3v) is 3.54. The van der Waals surface area contributed by atoms with Crippen LogP contribution in [0.4, 0.5) is 0 Å². The molecule has 0 fully saturated rings. The molecule has 0 aliphatic rings. The zero-order chi connectivity index (χ0) is 19.4. The molecule has 26 heavy (non-hydrogen) atoms. The van der Waals surface area contributed by atoms with Crippen molar-refractivity contribution in [2.45, 2.75) is 13.0 Å². The average Bonchev–Trinajstić information content (AvgIpc) is 2.57. The van der Waals surface area contributed by atoms with Gasteiger partial charge in [-0.05, 0) is 36.8 Å². The molecule has 0 radical (unpaired) electrons. The minimum Gasteiger partial charge on any atom is -0.504 e. The lowest BCUT2D eigenvalue weighted by Gasteiger charge is -2.16. The number of benzene rings is 2. The van der Waals surface area contributed by atoms with Crippen LogP contribution in [0.15, 0.2) is 36.4 Å². The molecule has 1 atom stereocenters. The third kappa shape index (κ3) is 4.04. The van der Waals surface area contributed by atoms with Crippen molar-refractivity contribution in [3.8, 4) is 23.0 Å². The zero-order valence-corrected chi connectivity index (χ0v) is 13.6. The zero-order valence-electron chi connectivity index (χ0n) is 13.6. The summed E-state index contributed by atoms with van der Waals surface area (Å²) in [4.78, 5) is 23.2. The van der Waals surface area contributed by atoms with Crippen molar-refractivity contribution in [2.75, 3.05) is 0 Å². The Hall–Kier alpha value is -3.68. The van der Waals surface area contributed by atoms with Gasteiger partial charge in [0.25, 0.3) is 0 Å². The molecule has 2 rings (SSSR count). The number of carboxylic acids is 1. The second-order valence-corrected chi connectivity index (χ2v) is 5.36. The smallest absolute Gasteiger partial charge is 0.340 e. The first-order valence-corrected chi connectivity index (χ1v) is 7.39. The molecule has 0 aromatic heterocycles. The summed E-state index contributed by atoms with van der Waals surface area (Å²) in [5.74, 6) is -4.34. The Labute approximate surface area is 147 Å². The number of aromatic hydroxyl groups is 4. The fraction of sp³-hybridized carbons (Fsp3) is 0.111. The number of hydrogen-bond donors (Lipinski definition) is 5. The van der Waals surface area contributed by atoms with Gasteiger partial charge in [-0.1, -0.05) is 12.1 Å². The summed E-state index contributed by atoms with van der Waals surface area (Å²) in [6.45, 7) is 1.41. The number of carboxylic acid groups (broad SMARTS) is 1. The van der Waals surface area contributed by atoms with Gasteiger partial charge < -0.3 is 30.3 Å². The normalized spacial score (nSPS) is 12.0. The second-order valence-electron chi connectivity index (χ2n) is 5.36. The van der Waals surface area contributed by atoms with E-state index in [1.807, 2.05) is 0 Å². The molecule has 136 valence electrons. The number of ether oxygens (including phenoxy) is 1. The molecule has 8 nitrogen and oxygen atoms in total. The van der Waals surface area contributed by atoms with E-state index in [9.17, 15) is 35.1 Å². The highest BCUT2D eigenvalue weighted by atomic mass is 16.5. The molecule has 8 heteroatoms. The fourth-order valence-electron chi connectivity index (χ4n) is 2.24. The first-order valence-electron chi connectivity index (χ1n) is 7.39. The Morgan fingerprint density at radius 1 is 1.00 bits per heavy atom. The topological polar surface area (TPSA) is 145 Å². The molecular formula is C18H16O8. The first-order chi connectivity index (χ1) is 12.2. The molecule has 0 bridgehead atoms. The number of carbonyl (C=O) groups excluding carboxylic acids is 1. The van der Waals surface area contributed by atoms with E-state index in [0.29, 0.717) is 5.56 Å². The van der Waals surface area contributed by atoms with E-state index in [1.165, 1.54) is 37.3 Å². The molecule has 0 unspecified atom stereocenters. The van der Waals surface area contributed by atoms with Crippen molar-refractivity contribution >= 4 is 18.0 Å². The van der Waals surface area contributed by atoms with Gasteiger partial charge in [0.2, 0.25) is 0 Å². The van der Waals surface area contributed by atoms with E-state index in [-0.39, 0.29) is 17.1 Å². The predicted molar refractivity (Wildman–Crippen MR) is 90.0 cm³/mol. The number of hydrogen-bond acceptors (Lipinski definition) is 7. The van der Waals surface area contributed by atoms with Gasteiger partial charge in [-0.3, -0.25) is 0 Å². The van der Waals surface area contributed by atoms with Crippen LogP contribution in [0.1, 0.15) is 34.5 Å². The van der Waals surface area contributed by atoms with E-state index in [4.69, 9.17) is 4.74 Å². The van der Waals surface area contributed by atoms with Crippen molar-refractivity contribution in [1.29, 1.82) is 0 Å². The number of carbonyl (C=O) groups is 2. The lowest BCUT2D eigenvalue weighted by atomic mass is 10.0. The van der Waals surface area contributed by atoms with Gasteiger partial charge in [0, 0.05) is 11.6 Å². The highest BCUT2D eigenvalue weighted by Gasteiger charge is 2.23. The van der Waals surface area contributed by atoms with Gasteiger partial charge in [0.05, 0.1) is 0 Å². The lowest BCUT2D eigenvalue weighted by Crippen LogP contribution is -2.11. The Balaban J connectivity index is 2.17. The van der Waals surface area contributed by atoms with E-state index in [1.54, 1.807) is 0 Å². The highest BCUT2D eigenvalue weighted by Crippen LogP contribution is 2.35. The van der Waals surface area contributed by atoms with Crippen molar-refractivity contribution < 1.29 is 39.9 Å². The van der Waals surface area contributed by atoms with E-state index >= 15 is 0 Å². The van der Waals surface area contributed by atoms with Crippen LogP contribution < -0.4 is 0 Å². The minimum atomic E-state index is -1.48. The van der Waals surface area contributed by atoms with E-state index < -0.39 is 35.1 Å². The van der Waals surface area contributed by atoms with Crippen LogP contribution in [-0.4, -0.2) is 37.5 Å². The van der Waals surface area contributed by atoms with Crippen LogP contribution in [0.5, 0.6) is 23.0 Å². The monoisotopic (exact) mass is 360 g/mol. The molecule has 0 heterocycles. The number of phenolic OH excluding ortho intramolecular Hbond substituents is 3. The van der Waals surface area contributed by atoms with Crippen LogP contribution in [0, 0.1) is 0 Å². The van der Waals surface area contributed by atoms with Crippen LogP contribution in [0.2, 0.25) is 0 Å². The highest BCUT2D eigenvalue weighted by molar-refractivity contribution is 5.94. The third-order valence-electron chi connectivity index (χ3n) is 3.54. The van der Waals surface area contributed by atoms with Crippen LogP contribution in [0.25, 0.3) is 6.08 Å². The molecule has 0 amide bonds. The van der Waals surface area contributed by atoms with Crippen molar-refractivity contribution in [3.05, 3.63) is 53.1 Å². The Morgan fingerprint density at radius 3 is 2.27 bits per heavy atom. The Morgan fingerprint density at radius 2 is 1.65 bits per heavy atom. The predicted octanol–water partition coefficient (Wildman–Crippen LogP) is 2.52. The lowest BCUT2D eigenvalue weighted by molar-refractivity contribution is -0.142. The molecule has 2 aromatic carbocycles. The molecule has 0 spiro atoms. The number of phenols is 4. The van der Waals surface area contributed by atoms with Crippen molar-refractivity contribution in [3.63, 3.8) is 0 Å². The largest absolute Gasteiger partial charge is 0.504 e. The first kappa shape index (κ1) is 18.7. The van der Waals surface area contributed by atoms with Gasteiger partial charge in [-0.25, -0.2) is 9.59 Å². The minimum absolute atomic E-state index is 0.0110. The number of rotatable bonds is 5. The Kier molecular flexibility index (Phi) is 5.36. The summed E-state index contributed by atoms with van der Waals surface area (Å²) in [6.07, 6.45) is 1.38. The molecule has 0 aliphatic heterocycles. The maximum Gasteiger partial charge on any atom is 0.340 e. The summed E-state index contributed by atoms with van der Waals surface area (Å²) >= 11 is 0. The van der Waals surface area contributed by atoms with Gasteiger partial charge in [-0.15, -0.1) is 0 Å². The maximum atomic E-state index is 11.9. The van der Waals surface area contributed by atoms with Crippen LogP contribution in [-0.2, 0) is 9.53 Å². The molecular weight excluding hydrogens is 344 g/mol. The SMILES string of the molecule is C[C@@H](OC(=O)/C=C/c1ccc(O)c(O)c1)c1ccc(O)c(O)c1C(=O)O. The summed E-state index contributed by atoms with van der Waals surface area (Å²) in [6, 6.07) is 6.28. The van der Waals surface area contributed by atoms with Gasteiger partial charge >= 0.3 is 11.9 Å². The van der Waals surface area contributed by atoms with E-state index in [2.05, 4.69) is 0 Å². The second kappa shape index (κ2) is 7.47. The number of esters is 1. The fourth-order valence-corrected chi connectivity index (χ4v) is 2.24. The quantitative estimate of drug-likeness (QED) is 0.311. The maximum absolute atomic E-state index is 11.9. The van der Waals surface area contributed by atoms with Gasteiger partial charge in [0.15, 0.2) is 23.0 Å². The molecule has 0 saturated carbocycles. The molecule has 2 aromatic rings. The van der Waals surface area contributed by atoms with Crippen molar-refractivity contribution in [1.82, 2.24) is 0 Å². The van der Waals surface area contributed by atoms with Gasteiger partial charge in [-0.2, -0.15) is 0 Å². The Bertz CT molecular complexity index is 885. The van der Waals surface area contributed by atoms with Crippen LogP contribution in [0.3, 0.4) is 0 Å². The molecule has 0 saturated heterocycles. The van der Waals surface area contributed by atoms with E-state index in [0.717, 1.165) is 12.1 Å². The standard InChI is InChI=1S/C18H16O8/c1-9(11-4-6-13(20)17(23)16(11)18(24)25)26-15(22)7-3-10-2-5-12(19)14(21)8-10/h2-9,19-21,23H,1H3,(H,24,25)/b7-3+/t9-/m1/s1.